The van der Waals surface area contributed by atoms with Crippen LogP contribution in [0.25, 0.3) is 0 Å². The molecule has 0 spiro atoms. The average Bonchev–Trinajstić information content (AvgIpc) is 2.55. The molecule has 2 N–H and O–H groups in total. The Bertz CT molecular complexity index is 318. The molecule has 0 radical (unpaired) electrons. The largest absolute Gasteiger partial charge is 0.355 e. The van der Waals surface area contributed by atoms with Crippen LogP contribution in [-0.4, -0.2) is 22.4 Å². The van der Waals surface area contributed by atoms with Gasteiger partial charge in [0.25, 0.3) is 0 Å². The Hall–Kier alpha value is -1.76. The van der Waals surface area contributed by atoms with E-state index in [1.165, 1.54) is 6.92 Å². The normalized spacial score (nSPS) is 8.69. The molecule has 0 saturated heterocycles. The summed E-state index contributed by atoms with van der Waals surface area (Å²) in [4.78, 5) is 17.1. The van der Waals surface area contributed by atoms with Gasteiger partial charge in [0.15, 0.2) is 0 Å². The second-order valence-corrected chi connectivity index (χ2v) is 2.50. The smallest absolute Gasteiger partial charge is 0.216 e. The molecule has 4 nitrogen and oxygen atoms in total. The molecular weight excluding hydrogens is 166 g/mol. The number of aromatic amines is 1. The lowest BCUT2D eigenvalue weighted by molar-refractivity contribution is -0.118. The Morgan fingerprint density at radius 1 is 1.77 bits per heavy atom. The van der Waals surface area contributed by atoms with E-state index in [9.17, 15) is 4.79 Å². The van der Waals surface area contributed by atoms with Crippen molar-refractivity contribution in [2.75, 3.05) is 6.54 Å². The molecule has 0 aliphatic rings. The fourth-order valence-electron chi connectivity index (χ4n) is 0.783. The first-order valence-corrected chi connectivity index (χ1v) is 4.00. The van der Waals surface area contributed by atoms with Crippen LogP contribution in [0.5, 0.6) is 0 Å². The van der Waals surface area contributed by atoms with E-state index in [4.69, 9.17) is 0 Å². The highest BCUT2D eigenvalue weighted by Gasteiger charge is 1.87. The molecule has 68 valence electrons. The van der Waals surface area contributed by atoms with Crippen molar-refractivity contribution in [2.24, 2.45) is 0 Å². The van der Waals surface area contributed by atoms with E-state index >= 15 is 0 Å². The lowest BCUT2D eigenvalue weighted by Gasteiger charge is -1.94. The molecule has 0 unspecified atom stereocenters. The molecule has 13 heavy (non-hydrogen) atoms. The Kier molecular flexibility index (Phi) is 3.58. The van der Waals surface area contributed by atoms with Crippen LogP contribution in [0.3, 0.4) is 0 Å². The molecule has 1 heterocycles. The maximum atomic E-state index is 10.5. The number of aromatic nitrogens is 2. The van der Waals surface area contributed by atoms with E-state index in [1.807, 2.05) is 0 Å². The molecule has 1 aromatic rings. The number of amides is 1. The van der Waals surface area contributed by atoms with Crippen molar-refractivity contribution in [3.05, 3.63) is 18.2 Å². The molecule has 1 aromatic heterocycles. The van der Waals surface area contributed by atoms with Crippen molar-refractivity contribution in [3.8, 4) is 11.8 Å². The summed E-state index contributed by atoms with van der Waals surface area (Å²) in [5.41, 5.74) is 0.794. The van der Waals surface area contributed by atoms with Gasteiger partial charge in [0, 0.05) is 19.9 Å². The highest BCUT2D eigenvalue weighted by molar-refractivity contribution is 5.72. The number of imidazole rings is 1. The van der Waals surface area contributed by atoms with E-state index in [0.717, 1.165) is 5.69 Å². The van der Waals surface area contributed by atoms with Gasteiger partial charge in [-0.3, -0.25) is 4.79 Å². The second kappa shape index (κ2) is 4.99. The topological polar surface area (TPSA) is 57.8 Å². The lowest BCUT2D eigenvalue weighted by atomic mass is 10.4. The summed E-state index contributed by atoms with van der Waals surface area (Å²) in [6.07, 6.45) is 3.89. The van der Waals surface area contributed by atoms with Gasteiger partial charge in [-0.15, -0.1) is 0 Å². The third kappa shape index (κ3) is 3.97. The zero-order valence-electron chi connectivity index (χ0n) is 7.42. The van der Waals surface area contributed by atoms with Gasteiger partial charge in [-0.2, -0.15) is 0 Å². The summed E-state index contributed by atoms with van der Waals surface area (Å²) in [6.45, 7) is 2.08. The third-order valence-corrected chi connectivity index (χ3v) is 1.35. The number of carbonyl (C=O) groups excluding carboxylic acids is 1. The average molecular weight is 177 g/mol. The first-order chi connectivity index (χ1) is 6.29. The predicted molar refractivity (Wildman–Crippen MR) is 48.8 cm³/mol. The van der Waals surface area contributed by atoms with Crippen molar-refractivity contribution in [1.82, 2.24) is 15.3 Å². The van der Waals surface area contributed by atoms with Crippen molar-refractivity contribution >= 4 is 5.91 Å². The van der Waals surface area contributed by atoms with Crippen molar-refractivity contribution < 1.29 is 4.79 Å². The minimum atomic E-state index is -0.0247. The fraction of sp³-hybridized carbons (Fsp3) is 0.333. The first kappa shape index (κ1) is 9.33. The van der Waals surface area contributed by atoms with Crippen molar-refractivity contribution in [3.63, 3.8) is 0 Å². The van der Waals surface area contributed by atoms with E-state index in [1.54, 1.807) is 12.5 Å². The van der Waals surface area contributed by atoms with E-state index in [2.05, 4.69) is 27.1 Å². The van der Waals surface area contributed by atoms with Crippen LogP contribution >= 0.6 is 0 Å². The quantitative estimate of drug-likeness (QED) is 0.504. The molecule has 0 aromatic carbocycles. The first-order valence-electron chi connectivity index (χ1n) is 4.00. The summed E-state index contributed by atoms with van der Waals surface area (Å²) < 4.78 is 0. The SMILES string of the molecule is CC(=O)NCCC#Cc1cnc[nH]1. The van der Waals surface area contributed by atoms with Gasteiger partial charge in [0.2, 0.25) is 5.91 Å². The van der Waals surface area contributed by atoms with Crippen LogP contribution in [0.4, 0.5) is 0 Å². The molecule has 0 aliphatic carbocycles. The summed E-state index contributed by atoms with van der Waals surface area (Å²) in [6, 6.07) is 0. The van der Waals surface area contributed by atoms with E-state index in [-0.39, 0.29) is 5.91 Å². The molecule has 0 aliphatic heterocycles. The maximum Gasteiger partial charge on any atom is 0.216 e. The van der Waals surface area contributed by atoms with Gasteiger partial charge >= 0.3 is 0 Å². The number of rotatable bonds is 2. The van der Waals surface area contributed by atoms with Crippen molar-refractivity contribution in [1.29, 1.82) is 0 Å². The molecule has 0 bridgehead atoms. The summed E-state index contributed by atoms with van der Waals surface area (Å²) >= 11 is 0. The highest BCUT2D eigenvalue weighted by atomic mass is 16.1. The standard InChI is InChI=1S/C9H11N3O/c1-8(13)11-5-3-2-4-9-6-10-7-12-9/h6-7H,3,5H2,1H3,(H,10,12)(H,11,13). The van der Waals surface area contributed by atoms with E-state index < -0.39 is 0 Å². The molecule has 1 amide bonds. The fourth-order valence-corrected chi connectivity index (χ4v) is 0.783. The Balaban J connectivity index is 2.22. The molecule has 0 fully saturated rings. The number of nitrogens with one attached hydrogen (secondary N) is 2. The van der Waals surface area contributed by atoms with Gasteiger partial charge in [0.05, 0.1) is 12.5 Å². The number of nitrogens with zero attached hydrogens (tertiary/aromatic N) is 1. The molecule has 4 heteroatoms. The zero-order valence-corrected chi connectivity index (χ0v) is 7.42. The summed E-state index contributed by atoms with van der Waals surface area (Å²) in [5, 5.41) is 2.66. The minimum Gasteiger partial charge on any atom is -0.355 e. The van der Waals surface area contributed by atoms with Crippen molar-refractivity contribution in [2.45, 2.75) is 13.3 Å². The Morgan fingerprint density at radius 2 is 2.62 bits per heavy atom. The number of carbonyl (C=O) groups is 1. The van der Waals surface area contributed by atoms with Gasteiger partial charge in [0.1, 0.15) is 5.69 Å². The molecule has 0 atom stereocenters. The van der Waals surface area contributed by atoms with Gasteiger partial charge in [-0.25, -0.2) is 4.98 Å². The minimum absolute atomic E-state index is 0.0247. The Morgan fingerprint density at radius 3 is 3.23 bits per heavy atom. The highest BCUT2D eigenvalue weighted by Crippen LogP contribution is 1.85. The summed E-state index contributed by atoms with van der Waals surface area (Å²) in [5.74, 6) is 5.76. The summed E-state index contributed by atoms with van der Waals surface area (Å²) in [7, 11) is 0. The van der Waals surface area contributed by atoms with Crippen LogP contribution in [0, 0.1) is 11.8 Å². The third-order valence-electron chi connectivity index (χ3n) is 1.35. The van der Waals surface area contributed by atoms with Gasteiger partial charge < -0.3 is 10.3 Å². The maximum absolute atomic E-state index is 10.5. The number of hydrogen-bond donors (Lipinski definition) is 2. The van der Waals surface area contributed by atoms with Gasteiger partial charge in [-0.05, 0) is 5.92 Å². The second-order valence-electron chi connectivity index (χ2n) is 2.50. The van der Waals surface area contributed by atoms with Gasteiger partial charge in [-0.1, -0.05) is 5.92 Å². The van der Waals surface area contributed by atoms with E-state index in [0.29, 0.717) is 13.0 Å². The number of H-pyrrole nitrogens is 1. The van der Waals surface area contributed by atoms with Crippen LogP contribution in [0.1, 0.15) is 19.0 Å². The molecule has 1 rings (SSSR count). The van der Waals surface area contributed by atoms with Crippen LogP contribution < -0.4 is 5.32 Å². The van der Waals surface area contributed by atoms with Crippen LogP contribution in [0.2, 0.25) is 0 Å². The molecule has 0 saturated carbocycles. The van der Waals surface area contributed by atoms with Crippen LogP contribution in [-0.2, 0) is 4.79 Å². The predicted octanol–water partition coefficient (Wildman–Crippen LogP) is 0.287. The van der Waals surface area contributed by atoms with Crippen LogP contribution in [0.15, 0.2) is 12.5 Å². The monoisotopic (exact) mass is 177 g/mol. The Labute approximate surface area is 76.8 Å². The molecular formula is C9H11N3O. The lowest BCUT2D eigenvalue weighted by Crippen LogP contribution is -2.20. The zero-order chi connectivity index (χ0) is 9.52. The number of hydrogen-bond acceptors (Lipinski definition) is 2.